The highest BCUT2D eigenvalue weighted by Gasteiger charge is 2.36. The van der Waals surface area contributed by atoms with Crippen LogP contribution in [0.15, 0.2) is 24.3 Å². The van der Waals surface area contributed by atoms with Crippen LogP contribution in [0.3, 0.4) is 0 Å². The van der Waals surface area contributed by atoms with E-state index in [-0.39, 0.29) is 5.92 Å². The molecule has 5 nitrogen and oxygen atoms in total. The molecule has 1 saturated carbocycles. The van der Waals surface area contributed by atoms with Crippen molar-refractivity contribution in [1.29, 1.82) is 0 Å². The molecule has 1 heterocycles. The minimum atomic E-state index is -0.866. The summed E-state index contributed by atoms with van der Waals surface area (Å²) in [4.78, 5) is 28.7. The molecular weight excluding hydrogens is 462 g/mol. The van der Waals surface area contributed by atoms with E-state index < -0.39 is 17.7 Å². The second kappa shape index (κ2) is 11.0. The molecule has 1 amide bonds. The van der Waals surface area contributed by atoms with E-state index in [9.17, 15) is 9.59 Å². The highest BCUT2D eigenvalue weighted by atomic mass is 16.6. The lowest BCUT2D eigenvalue weighted by atomic mass is 9.79. The van der Waals surface area contributed by atoms with Crippen LogP contribution in [0.4, 0.5) is 0 Å². The second-order valence-corrected chi connectivity index (χ2v) is 11.8. The number of esters is 1. The molecule has 0 saturated heterocycles. The molecular formula is C32H43NO4. The summed E-state index contributed by atoms with van der Waals surface area (Å²) in [5.41, 5.74) is 8.24. The van der Waals surface area contributed by atoms with Gasteiger partial charge in [-0.05, 0) is 94.2 Å². The molecule has 0 spiro atoms. The molecule has 4 rings (SSSR count). The Bertz CT molecular complexity index is 1150. The summed E-state index contributed by atoms with van der Waals surface area (Å²) in [6.07, 6.45) is 5.49. The van der Waals surface area contributed by atoms with E-state index >= 15 is 0 Å². The summed E-state index contributed by atoms with van der Waals surface area (Å²) in [6.45, 7) is 13.5. The molecule has 0 bridgehead atoms. The Morgan fingerprint density at radius 1 is 0.946 bits per heavy atom. The summed E-state index contributed by atoms with van der Waals surface area (Å²) >= 11 is 0. The lowest BCUT2D eigenvalue weighted by Gasteiger charge is -2.37. The Morgan fingerprint density at radius 2 is 1.59 bits per heavy atom. The number of hydrogen-bond donors (Lipinski definition) is 0. The van der Waals surface area contributed by atoms with Crippen molar-refractivity contribution in [2.75, 3.05) is 13.7 Å². The van der Waals surface area contributed by atoms with Gasteiger partial charge in [-0.1, -0.05) is 49.1 Å². The van der Waals surface area contributed by atoms with Crippen LogP contribution in [0, 0.1) is 26.7 Å². The maximum atomic E-state index is 13.5. The fourth-order valence-electron chi connectivity index (χ4n) is 6.13. The van der Waals surface area contributed by atoms with Crippen molar-refractivity contribution in [3.05, 3.63) is 57.6 Å². The predicted octanol–water partition coefficient (Wildman–Crippen LogP) is 6.77. The Balaban J connectivity index is 1.87. The van der Waals surface area contributed by atoms with Gasteiger partial charge in [0.1, 0.15) is 0 Å². The number of methoxy groups -OCH3 is 1. The van der Waals surface area contributed by atoms with E-state index in [1.54, 1.807) is 0 Å². The number of carbonyl (C=O) groups excluding carboxylic acids is 2. The average molecular weight is 506 g/mol. The van der Waals surface area contributed by atoms with Crippen LogP contribution in [-0.2, 0) is 32.0 Å². The van der Waals surface area contributed by atoms with E-state index in [4.69, 9.17) is 9.47 Å². The third-order valence-electron chi connectivity index (χ3n) is 8.05. The SMILES string of the molecule is COC(=O)C(OC(C)(C)C)c1c(C)c2c(c(C)c1-c1ccc(C)cc1)CCN(C(=O)C1CCCCC1)C2. The highest BCUT2D eigenvalue weighted by molar-refractivity contribution is 5.85. The molecule has 0 radical (unpaired) electrons. The van der Waals surface area contributed by atoms with Gasteiger partial charge in [0, 0.05) is 24.6 Å². The molecule has 5 heteroatoms. The van der Waals surface area contributed by atoms with E-state index in [0.29, 0.717) is 12.5 Å². The Hall–Kier alpha value is -2.66. The minimum absolute atomic E-state index is 0.148. The quantitative estimate of drug-likeness (QED) is 0.421. The molecule has 0 N–H and O–H groups in total. The number of aryl methyl sites for hydroxylation is 1. The fraction of sp³-hybridized carbons (Fsp3) is 0.562. The molecule has 0 aromatic heterocycles. The van der Waals surface area contributed by atoms with Gasteiger partial charge in [0.15, 0.2) is 6.10 Å². The first-order valence-corrected chi connectivity index (χ1v) is 13.8. The van der Waals surface area contributed by atoms with Crippen LogP contribution < -0.4 is 0 Å². The standard InChI is InChI=1S/C32H43NO4/c1-20-13-15-23(16-14-20)27-21(2)25-17-18-33(30(34)24-11-9-8-10-12-24)19-26(25)22(3)28(27)29(31(35)36-7)37-32(4,5)6/h13-16,24,29H,8-12,17-19H2,1-7H3. The minimum Gasteiger partial charge on any atom is -0.467 e. The van der Waals surface area contributed by atoms with Gasteiger partial charge in [-0.3, -0.25) is 4.79 Å². The van der Waals surface area contributed by atoms with Crippen LogP contribution in [0.2, 0.25) is 0 Å². The molecule has 1 aliphatic heterocycles. The van der Waals surface area contributed by atoms with Gasteiger partial charge in [0.2, 0.25) is 5.91 Å². The average Bonchev–Trinajstić information content (AvgIpc) is 2.89. The summed E-state index contributed by atoms with van der Waals surface area (Å²) in [7, 11) is 1.41. The molecule has 1 atom stereocenters. The number of rotatable bonds is 5. The Kier molecular flexibility index (Phi) is 8.13. The molecule has 1 aliphatic carbocycles. The van der Waals surface area contributed by atoms with Crippen molar-refractivity contribution in [2.24, 2.45) is 5.92 Å². The third kappa shape index (κ3) is 5.77. The van der Waals surface area contributed by atoms with Crippen molar-refractivity contribution >= 4 is 11.9 Å². The highest BCUT2D eigenvalue weighted by Crippen LogP contribution is 2.43. The number of ether oxygens (including phenoxy) is 2. The van der Waals surface area contributed by atoms with Gasteiger partial charge in [-0.15, -0.1) is 0 Å². The first-order chi connectivity index (χ1) is 17.5. The summed E-state index contributed by atoms with van der Waals surface area (Å²) < 4.78 is 11.7. The molecule has 1 unspecified atom stereocenters. The molecule has 200 valence electrons. The smallest absolute Gasteiger partial charge is 0.339 e. The van der Waals surface area contributed by atoms with Gasteiger partial charge in [-0.25, -0.2) is 4.79 Å². The number of hydrogen-bond acceptors (Lipinski definition) is 4. The molecule has 37 heavy (non-hydrogen) atoms. The topological polar surface area (TPSA) is 55.8 Å². The number of benzene rings is 2. The van der Waals surface area contributed by atoms with Gasteiger partial charge >= 0.3 is 5.97 Å². The lowest BCUT2D eigenvalue weighted by Crippen LogP contribution is -2.41. The zero-order chi connectivity index (χ0) is 26.9. The molecule has 2 aliphatic rings. The maximum absolute atomic E-state index is 13.5. The normalized spacial score (nSPS) is 17.3. The number of nitrogens with zero attached hydrogens (tertiary/aromatic N) is 1. The zero-order valence-electron chi connectivity index (χ0n) is 23.7. The van der Waals surface area contributed by atoms with Crippen molar-refractivity contribution in [3.63, 3.8) is 0 Å². The monoisotopic (exact) mass is 505 g/mol. The summed E-state index contributed by atoms with van der Waals surface area (Å²) in [6, 6.07) is 8.46. The summed E-state index contributed by atoms with van der Waals surface area (Å²) in [5, 5.41) is 0. The zero-order valence-corrected chi connectivity index (χ0v) is 23.7. The van der Waals surface area contributed by atoms with Crippen LogP contribution in [0.25, 0.3) is 11.1 Å². The first-order valence-electron chi connectivity index (χ1n) is 13.8. The van der Waals surface area contributed by atoms with Gasteiger partial charge in [0.05, 0.1) is 12.7 Å². The van der Waals surface area contributed by atoms with Crippen molar-refractivity contribution in [1.82, 2.24) is 4.90 Å². The lowest BCUT2D eigenvalue weighted by molar-refractivity contribution is -0.164. The first kappa shape index (κ1) is 27.4. The molecule has 2 aromatic rings. The third-order valence-corrected chi connectivity index (χ3v) is 8.05. The van der Waals surface area contributed by atoms with Crippen molar-refractivity contribution < 1.29 is 19.1 Å². The molecule has 2 aromatic carbocycles. The van der Waals surface area contributed by atoms with E-state index in [1.165, 1.54) is 24.7 Å². The second-order valence-electron chi connectivity index (χ2n) is 11.8. The van der Waals surface area contributed by atoms with Crippen LogP contribution in [0.5, 0.6) is 0 Å². The number of amides is 1. The van der Waals surface area contributed by atoms with Crippen molar-refractivity contribution in [3.8, 4) is 11.1 Å². The van der Waals surface area contributed by atoms with Crippen LogP contribution in [-0.4, -0.2) is 36.0 Å². The summed E-state index contributed by atoms with van der Waals surface area (Å²) in [5.74, 6) is 0.0359. The van der Waals surface area contributed by atoms with E-state index in [0.717, 1.165) is 72.0 Å². The van der Waals surface area contributed by atoms with Crippen LogP contribution in [0.1, 0.15) is 92.4 Å². The largest absolute Gasteiger partial charge is 0.467 e. The van der Waals surface area contributed by atoms with Crippen molar-refractivity contribution in [2.45, 2.75) is 98.3 Å². The van der Waals surface area contributed by atoms with Crippen LogP contribution >= 0.6 is 0 Å². The maximum Gasteiger partial charge on any atom is 0.339 e. The van der Waals surface area contributed by atoms with Gasteiger partial charge < -0.3 is 14.4 Å². The number of fused-ring (bicyclic) bond motifs is 1. The van der Waals surface area contributed by atoms with E-state index in [1.807, 2.05) is 20.8 Å². The molecule has 1 fully saturated rings. The van der Waals surface area contributed by atoms with Gasteiger partial charge in [-0.2, -0.15) is 0 Å². The predicted molar refractivity (Wildman–Crippen MR) is 147 cm³/mol. The van der Waals surface area contributed by atoms with E-state index in [2.05, 4.69) is 49.9 Å². The van der Waals surface area contributed by atoms with Gasteiger partial charge in [0.25, 0.3) is 0 Å². The Labute approximate surface area is 222 Å². The fourth-order valence-corrected chi connectivity index (χ4v) is 6.13. The Morgan fingerprint density at radius 3 is 2.19 bits per heavy atom. The number of carbonyl (C=O) groups is 2.